The van der Waals surface area contributed by atoms with Crippen LogP contribution in [0.5, 0.6) is 5.75 Å². The maximum absolute atomic E-state index is 12.6. The third-order valence-corrected chi connectivity index (χ3v) is 6.18. The zero-order valence-electron chi connectivity index (χ0n) is 20.4. The Morgan fingerprint density at radius 2 is 2.06 bits per heavy atom. The Kier molecular flexibility index (Phi) is 7.12. The van der Waals surface area contributed by atoms with E-state index in [0.717, 1.165) is 36.4 Å². The number of amides is 1. The fourth-order valence-corrected chi connectivity index (χ4v) is 4.60. The molecule has 1 aliphatic rings. The number of carbonyl (C=O) groups is 1. The van der Waals surface area contributed by atoms with Gasteiger partial charge in [-0.05, 0) is 62.4 Å². The number of carbonyl (C=O) groups excluding carboxylic acids is 1. The molecule has 1 unspecified atom stereocenters. The lowest BCUT2D eigenvalue weighted by molar-refractivity contribution is 0.0955. The quantitative estimate of drug-likeness (QED) is 0.489. The van der Waals surface area contributed by atoms with E-state index in [1.165, 1.54) is 11.3 Å². The van der Waals surface area contributed by atoms with Crippen LogP contribution in [0.3, 0.4) is 0 Å². The topological polar surface area (TPSA) is 57.2 Å². The Morgan fingerprint density at radius 3 is 2.72 bits per heavy atom. The lowest BCUT2D eigenvalue weighted by Gasteiger charge is -2.47. The van der Waals surface area contributed by atoms with Gasteiger partial charge < -0.3 is 14.5 Å². The van der Waals surface area contributed by atoms with Gasteiger partial charge in [0.05, 0.1) is 13.3 Å². The number of hydrazone groups is 1. The number of methoxy groups -OCH3 is 1. The molecule has 0 radical (unpaired) electrons. The van der Waals surface area contributed by atoms with Gasteiger partial charge in [0.15, 0.2) is 0 Å². The maximum atomic E-state index is 12.6. The molecule has 1 heterocycles. The summed E-state index contributed by atoms with van der Waals surface area (Å²) in [5.74, 6) is 0.933. The molecule has 6 heteroatoms. The molecule has 6 nitrogen and oxygen atoms in total. The zero-order chi connectivity index (χ0) is 23.5. The summed E-state index contributed by atoms with van der Waals surface area (Å²) in [6.07, 6.45) is 3.84. The van der Waals surface area contributed by atoms with Crippen LogP contribution in [0.25, 0.3) is 0 Å². The van der Waals surface area contributed by atoms with Crippen LogP contribution < -0.4 is 20.0 Å². The minimum atomic E-state index is -0.244. The Hall–Kier alpha value is -3.02. The molecule has 1 N–H and O–H groups in total. The fraction of sp³-hybridized carbons (Fsp3) is 0.462. The van der Waals surface area contributed by atoms with Crippen molar-refractivity contribution in [2.24, 2.45) is 5.10 Å². The van der Waals surface area contributed by atoms with E-state index in [4.69, 9.17) is 4.74 Å². The highest BCUT2D eigenvalue weighted by Gasteiger charge is 2.36. The molecule has 0 saturated heterocycles. The number of hydrogen-bond donors (Lipinski definition) is 1. The number of anilines is 2. The number of benzene rings is 2. The van der Waals surface area contributed by atoms with Gasteiger partial charge in [0.25, 0.3) is 5.91 Å². The third-order valence-electron chi connectivity index (χ3n) is 6.18. The Morgan fingerprint density at radius 1 is 1.31 bits per heavy atom. The van der Waals surface area contributed by atoms with Gasteiger partial charge in [0, 0.05) is 54.7 Å². The molecule has 0 aromatic heterocycles. The molecule has 0 spiro atoms. The van der Waals surface area contributed by atoms with Crippen molar-refractivity contribution in [1.82, 2.24) is 5.43 Å². The summed E-state index contributed by atoms with van der Waals surface area (Å²) in [5, 5.41) is 4.23. The Balaban J connectivity index is 1.86. The average Bonchev–Trinajstić information content (AvgIpc) is 2.76. The predicted octanol–water partition coefficient (Wildman–Crippen LogP) is 5.03. The van der Waals surface area contributed by atoms with E-state index in [0.29, 0.717) is 11.5 Å². The molecule has 2 aromatic carbocycles. The minimum Gasteiger partial charge on any atom is -0.496 e. The van der Waals surface area contributed by atoms with E-state index < -0.39 is 0 Å². The van der Waals surface area contributed by atoms with Crippen LogP contribution in [0.2, 0.25) is 0 Å². The van der Waals surface area contributed by atoms with Crippen LogP contribution in [0, 0.1) is 0 Å². The summed E-state index contributed by atoms with van der Waals surface area (Å²) in [6.45, 7) is 10.1. The summed E-state index contributed by atoms with van der Waals surface area (Å²) in [7, 11) is 5.56. The SMILES string of the molecule is CCCN1c2cc(OC)c(/C=N\NC(=O)c3cccc(N(C)C)c3)cc2C(C)CC1(C)C. The van der Waals surface area contributed by atoms with E-state index in [9.17, 15) is 4.79 Å². The molecular weight excluding hydrogens is 400 g/mol. The molecule has 0 bridgehead atoms. The van der Waals surface area contributed by atoms with Crippen molar-refractivity contribution in [3.05, 3.63) is 53.1 Å². The first kappa shape index (κ1) is 23.6. The highest BCUT2D eigenvalue weighted by molar-refractivity contribution is 5.96. The number of nitrogens with zero attached hydrogens (tertiary/aromatic N) is 3. The molecule has 3 rings (SSSR count). The van der Waals surface area contributed by atoms with Crippen molar-refractivity contribution in [2.75, 3.05) is 37.5 Å². The first-order valence-corrected chi connectivity index (χ1v) is 11.3. The largest absolute Gasteiger partial charge is 0.496 e. The maximum Gasteiger partial charge on any atom is 0.271 e. The number of rotatable bonds is 7. The van der Waals surface area contributed by atoms with Crippen LogP contribution in [0.15, 0.2) is 41.5 Å². The molecule has 0 saturated carbocycles. The first-order valence-electron chi connectivity index (χ1n) is 11.3. The van der Waals surface area contributed by atoms with Crippen LogP contribution in [0.1, 0.15) is 67.9 Å². The number of nitrogens with one attached hydrogen (secondary N) is 1. The van der Waals surface area contributed by atoms with Gasteiger partial charge in [0.2, 0.25) is 0 Å². The van der Waals surface area contributed by atoms with E-state index >= 15 is 0 Å². The molecule has 172 valence electrons. The van der Waals surface area contributed by atoms with Gasteiger partial charge in [-0.3, -0.25) is 4.79 Å². The summed E-state index contributed by atoms with van der Waals surface area (Å²) in [4.78, 5) is 17.0. The van der Waals surface area contributed by atoms with Crippen LogP contribution >= 0.6 is 0 Å². The molecule has 2 aromatic rings. The van der Waals surface area contributed by atoms with E-state index in [1.807, 2.05) is 37.2 Å². The first-order chi connectivity index (χ1) is 15.2. The standard InChI is InChI=1S/C26H36N4O2/c1-8-12-30-23-15-24(32-7)20(14-22(23)18(2)16-26(30,3)4)17-27-28-25(31)19-10-9-11-21(13-19)29(5)6/h9-11,13-15,17-18H,8,12,16H2,1-7H3,(H,28,31)/b27-17-. The lowest BCUT2D eigenvalue weighted by atomic mass is 9.79. The smallest absolute Gasteiger partial charge is 0.271 e. The molecule has 1 atom stereocenters. The Bertz CT molecular complexity index is 997. The van der Waals surface area contributed by atoms with Gasteiger partial charge in [-0.25, -0.2) is 5.43 Å². The highest BCUT2D eigenvalue weighted by atomic mass is 16.5. The molecule has 0 aliphatic carbocycles. The van der Waals surface area contributed by atoms with Crippen molar-refractivity contribution in [3.63, 3.8) is 0 Å². The predicted molar refractivity (Wildman–Crippen MR) is 134 cm³/mol. The van der Waals surface area contributed by atoms with Gasteiger partial charge in [-0.2, -0.15) is 5.10 Å². The van der Waals surface area contributed by atoms with Gasteiger partial charge in [-0.15, -0.1) is 0 Å². The second-order valence-electron chi connectivity index (χ2n) is 9.37. The van der Waals surface area contributed by atoms with Crippen molar-refractivity contribution >= 4 is 23.5 Å². The monoisotopic (exact) mass is 436 g/mol. The average molecular weight is 437 g/mol. The molecule has 1 amide bonds. The summed E-state index contributed by atoms with van der Waals surface area (Å²) in [5.41, 5.74) is 7.66. The molecule has 32 heavy (non-hydrogen) atoms. The van der Waals surface area contributed by atoms with E-state index in [1.54, 1.807) is 19.4 Å². The number of fused-ring (bicyclic) bond motifs is 1. The minimum absolute atomic E-state index is 0.0954. The third kappa shape index (κ3) is 4.90. The fourth-order valence-electron chi connectivity index (χ4n) is 4.60. The highest BCUT2D eigenvalue weighted by Crippen LogP contribution is 2.45. The van der Waals surface area contributed by atoms with Gasteiger partial charge >= 0.3 is 0 Å². The summed E-state index contributed by atoms with van der Waals surface area (Å²) < 4.78 is 5.69. The summed E-state index contributed by atoms with van der Waals surface area (Å²) in [6, 6.07) is 11.7. The Labute approximate surface area is 192 Å². The van der Waals surface area contributed by atoms with Gasteiger partial charge in [0.1, 0.15) is 5.75 Å². The van der Waals surface area contributed by atoms with Crippen LogP contribution in [-0.4, -0.2) is 45.4 Å². The second-order valence-corrected chi connectivity index (χ2v) is 9.37. The van der Waals surface area contributed by atoms with Crippen LogP contribution in [-0.2, 0) is 0 Å². The van der Waals surface area contributed by atoms with Crippen LogP contribution in [0.4, 0.5) is 11.4 Å². The molecule has 1 aliphatic heterocycles. The second kappa shape index (κ2) is 9.63. The number of hydrogen-bond acceptors (Lipinski definition) is 5. The van der Waals surface area contributed by atoms with E-state index in [-0.39, 0.29) is 11.4 Å². The number of ether oxygens (including phenoxy) is 1. The molecular formula is C26H36N4O2. The van der Waals surface area contributed by atoms with Crippen molar-refractivity contribution in [2.45, 2.75) is 52.0 Å². The molecule has 0 fully saturated rings. The van der Waals surface area contributed by atoms with Crippen molar-refractivity contribution in [3.8, 4) is 5.75 Å². The van der Waals surface area contributed by atoms with Crippen molar-refractivity contribution < 1.29 is 9.53 Å². The summed E-state index contributed by atoms with van der Waals surface area (Å²) >= 11 is 0. The van der Waals surface area contributed by atoms with Crippen molar-refractivity contribution in [1.29, 1.82) is 0 Å². The van der Waals surface area contributed by atoms with Gasteiger partial charge in [-0.1, -0.05) is 19.9 Å². The zero-order valence-corrected chi connectivity index (χ0v) is 20.4. The van der Waals surface area contributed by atoms with E-state index in [2.05, 4.69) is 55.3 Å². The normalized spacial score (nSPS) is 17.2. The lowest BCUT2D eigenvalue weighted by Crippen LogP contribution is -2.48.